The molecular weight excluding hydrogens is 434 g/mol. The molecule has 0 heterocycles. The fourth-order valence-electron chi connectivity index (χ4n) is 3.25. The van der Waals surface area contributed by atoms with E-state index in [0.29, 0.717) is 0 Å². The quantitative estimate of drug-likeness (QED) is 0.479. The van der Waals surface area contributed by atoms with E-state index in [0.717, 1.165) is 5.56 Å². The van der Waals surface area contributed by atoms with Crippen molar-refractivity contribution in [3.8, 4) is 0 Å². The zero-order chi connectivity index (χ0) is 26.1. The third kappa shape index (κ3) is 11.8. The molecule has 1 aromatic rings. The molecule has 0 fully saturated rings. The lowest BCUT2D eigenvalue weighted by atomic mass is 9.95. The number of hydrogen-bond acceptors (Lipinski definition) is 5. The van der Waals surface area contributed by atoms with Crippen LogP contribution in [0.4, 0.5) is 4.79 Å². The number of carbonyl (C=O) groups is 4. The maximum atomic E-state index is 13.2. The molecular formula is C26H41N3O5. The maximum Gasteiger partial charge on any atom is 0.408 e. The summed E-state index contributed by atoms with van der Waals surface area (Å²) in [5.41, 5.74) is -0.254. The predicted molar refractivity (Wildman–Crippen MR) is 132 cm³/mol. The van der Waals surface area contributed by atoms with Crippen molar-refractivity contribution in [2.75, 3.05) is 0 Å². The number of ketones is 1. The van der Waals surface area contributed by atoms with Crippen molar-refractivity contribution in [1.82, 2.24) is 16.0 Å². The molecule has 1 aromatic carbocycles. The Labute approximate surface area is 203 Å². The van der Waals surface area contributed by atoms with Crippen molar-refractivity contribution >= 4 is 23.7 Å². The first kappa shape index (κ1) is 29.1. The molecule has 0 bridgehead atoms. The van der Waals surface area contributed by atoms with Gasteiger partial charge in [0, 0.05) is 24.8 Å². The highest BCUT2D eigenvalue weighted by molar-refractivity contribution is 5.94. The summed E-state index contributed by atoms with van der Waals surface area (Å²) in [4.78, 5) is 50.6. The molecule has 8 heteroatoms. The lowest BCUT2D eigenvalue weighted by Crippen LogP contribution is -2.54. The van der Waals surface area contributed by atoms with Crippen molar-refractivity contribution in [1.29, 1.82) is 0 Å². The Kier molecular flexibility index (Phi) is 10.7. The van der Waals surface area contributed by atoms with Crippen LogP contribution < -0.4 is 16.0 Å². The van der Waals surface area contributed by atoms with E-state index in [1.54, 1.807) is 20.8 Å². The second kappa shape index (κ2) is 12.5. The lowest BCUT2D eigenvalue weighted by Gasteiger charge is -2.27. The molecule has 0 unspecified atom stereocenters. The largest absolute Gasteiger partial charge is 0.444 e. The number of carbonyl (C=O) groups excluding carboxylic acids is 4. The molecule has 0 aliphatic heterocycles. The molecule has 0 aliphatic carbocycles. The van der Waals surface area contributed by atoms with Crippen molar-refractivity contribution < 1.29 is 23.9 Å². The van der Waals surface area contributed by atoms with E-state index in [2.05, 4.69) is 16.0 Å². The normalized spacial score (nSPS) is 13.6. The minimum absolute atomic E-state index is 0.00782. The van der Waals surface area contributed by atoms with Crippen LogP contribution in [0.5, 0.6) is 0 Å². The van der Waals surface area contributed by atoms with E-state index in [9.17, 15) is 19.2 Å². The van der Waals surface area contributed by atoms with Crippen LogP contribution in [0.15, 0.2) is 30.3 Å². The van der Waals surface area contributed by atoms with Crippen molar-refractivity contribution in [2.24, 2.45) is 5.92 Å². The lowest BCUT2D eigenvalue weighted by molar-refractivity contribution is -0.131. The summed E-state index contributed by atoms with van der Waals surface area (Å²) in [5.74, 6) is -1.13. The van der Waals surface area contributed by atoms with Gasteiger partial charge in [-0.1, -0.05) is 44.2 Å². The Bertz CT molecular complexity index is 838. The molecule has 34 heavy (non-hydrogen) atoms. The number of benzene rings is 1. The summed E-state index contributed by atoms with van der Waals surface area (Å²) >= 11 is 0. The van der Waals surface area contributed by atoms with Crippen molar-refractivity contribution in [2.45, 2.75) is 97.9 Å². The molecule has 3 N–H and O–H groups in total. The number of rotatable bonds is 10. The second-order valence-electron chi connectivity index (χ2n) is 10.9. The predicted octanol–water partition coefficient (Wildman–Crippen LogP) is 3.53. The van der Waals surface area contributed by atoms with Gasteiger partial charge >= 0.3 is 6.09 Å². The highest BCUT2D eigenvalue weighted by Crippen LogP contribution is 2.12. The summed E-state index contributed by atoms with van der Waals surface area (Å²) in [6.45, 7) is 14.5. The van der Waals surface area contributed by atoms with Gasteiger partial charge < -0.3 is 20.7 Å². The number of nitrogens with one attached hydrogen (secondary N) is 3. The Morgan fingerprint density at radius 1 is 0.882 bits per heavy atom. The fraction of sp³-hybridized carbons (Fsp3) is 0.615. The van der Waals surface area contributed by atoms with Crippen LogP contribution in [-0.2, 0) is 25.5 Å². The van der Waals surface area contributed by atoms with Crippen molar-refractivity contribution in [3.05, 3.63) is 35.9 Å². The molecule has 2 atom stereocenters. The topological polar surface area (TPSA) is 114 Å². The van der Waals surface area contributed by atoms with Crippen LogP contribution in [-0.4, -0.2) is 46.9 Å². The highest BCUT2D eigenvalue weighted by atomic mass is 16.6. The third-order valence-electron chi connectivity index (χ3n) is 4.71. The average molecular weight is 476 g/mol. The number of amides is 3. The Hall–Kier alpha value is -2.90. The zero-order valence-corrected chi connectivity index (χ0v) is 21.8. The number of hydrogen-bond donors (Lipinski definition) is 3. The van der Waals surface area contributed by atoms with Crippen LogP contribution >= 0.6 is 0 Å². The molecule has 0 saturated carbocycles. The molecule has 0 aromatic heterocycles. The van der Waals surface area contributed by atoms with E-state index >= 15 is 0 Å². The van der Waals surface area contributed by atoms with Gasteiger partial charge in [-0.2, -0.15) is 0 Å². The molecule has 3 amide bonds. The first-order valence-electron chi connectivity index (χ1n) is 11.7. The molecule has 1 rings (SSSR count). The van der Waals surface area contributed by atoms with Crippen LogP contribution in [0.25, 0.3) is 0 Å². The third-order valence-corrected chi connectivity index (χ3v) is 4.71. The monoisotopic (exact) mass is 475 g/mol. The van der Waals surface area contributed by atoms with Gasteiger partial charge in [0.1, 0.15) is 11.6 Å². The van der Waals surface area contributed by atoms with Crippen LogP contribution in [0.2, 0.25) is 0 Å². The maximum absolute atomic E-state index is 13.2. The summed E-state index contributed by atoms with van der Waals surface area (Å²) in [7, 11) is 0. The average Bonchev–Trinajstić information content (AvgIpc) is 2.67. The van der Waals surface area contributed by atoms with E-state index in [1.165, 1.54) is 0 Å². The SMILES string of the molecule is CC(C)[C@H](NC(=O)[C@H](Cc1ccccc1)NC(=O)OC(C)(C)C)C(=O)CCC(=O)NC(C)(C)C. The zero-order valence-electron chi connectivity index (χ0n) is 21.8. The second-order valence-corrected chi connectivity index (χ2v) is 10.9. The Morgan fingerprint density at radius 3 is 1.97 bits per heavy atom. The molecule has 0 spiro atoms. The standard InChI is InChI=1S/C26H41N3O5/c1-17(2)22(20(30)14-15-21(31)29-25(3,4)5)28-23(32)19(16-18-12-10-9-11-13-18)27-24(33)34-26(6,7)8/h9-13,17,19,22H,14-16H2,1-8H3,(H,27,33)(H,28,32)(H,29,31)/t19-,22-/m0/s1. The fourth-order valence-corrected chi connectivity index (χ4v) is 3.25. The highest BCUT2D eigenvalue weighted by Gasteiger charge is 2.30. The minimum Gasteiger partial charge on any atom is -0.444 e. The van der Waals surface area contributed by atoms with Crippen molar-refractivity contribution in [3.63, 3.8) is 0 Å². The van der Waals surface area contributed by atoms with Gasteiger partial charge in [-0.05, 0) is 53.0 Å². The molecule has 0 radical (unpaired) electrons. The van der Waals surface area contributed by atoms with Crippen LogP contribution in [0.1, 0.15) is 73.8 Å². The summed E-state index contributed by atoms with van der Waals surface area (Å²) in [6.07, 6.45) is -0.430. The smallest absolute Gasteiger partial charge is 0.408 e. The number of Topliss-reactive ketones (excluding diaryl/α,β-unsaturated/α-hetero) is 1. The first-order valence-corrected chi connectivity index (χ1v) is 11.7. The minimum atomic E-state index is -0.935. The van der Waals surface area contributed by atoms with Gasteiger partial charge in [0.15, 0.2) is 5.78 Å². The van der Waals surface area contributed by atoms with E-state index < -0.39 is 29.7 Å². The molecule has 190 valence electrons. The number of alkyl carbamates (subject to hydrolysis) is 1. The van der Waals surface area contributed by atoms with E-state index in [4.69, 9.17) is 4.74 Å². The van der Waals surface area contributed by atoms with Gasteiger partial charge in [0.05, 0.1) is 6.04 Å². The van der Waals surface area contributed by atoms with Gasteiger partial charge in [-0.15, -0.1) is 0 Å². The summed E-state index contributed by atoms with van der Waals surface area (Å²) in [6, 6.07) is 7.56. The molecule has 0 aliphatic rings. The van der Waals surface area contributed by atoms with Gasteiger partial charge in [0.25, 0.3) is 0 Å². The molecule has 0 saturated heterocycles. The van der Waals surface area contributed by atoms with Crippen LogP contribution in [0.3, 0.4) is 0 Å². The van der Waals surface area contributed by atoms with Gasteiger partial charge in [-0.25, -0.2) is 4.79 Å². The Morgan fingerprint density at radius 2 is 1.47 bits per heavy atom. The van der Waals surface area contributed by atoms with Crippen LogP contribution in [0, 0.1) is 5.92 Å². The number of ether oxygens (including phenoxy) is 1. The van der Waals surface area contributed by atoms with E-state index in [-0.39, 0.29) is 42.4 Å². The van der Waals surface area contributed by atoms with E-state index in [1.807, 2.05) is 65.0 Å². The summed E-state index contributed by atoms with van der Waals surface area (Å²) < 4.78 is 5.32. The molecule has 8 nitrogen and oxygen atoms in total. The Balaban J connectivity index is 2.92. The van der Waals surface area contributed by atoms with Gasteiger partial charge in [-0.3, -0.25) is 14.4 Å². The first-order chi connectivity index (χ1) is 15.6. The summed E-state index contributed by atoms with van der Waals surface area (Å²) in [5, 5.41) is 8.25. The van der Waals surface area contributed by atoms with Gasteiger partial charge in [0.2, 0.25) is 11.8 Å².